The minimum atomic E-state index is -0.101. The molecule has 0 spiro atoms. The van der Waals surface area contributed by atoms with Gasteiger partial charge in [0.15, 0.2) is 0 Å². The molecule has 5 nitrogen and oxygen atoms in total. The number of rotatable bonds is 3. The molecule has 0 radical (unpaired) electrons. The van der Waals surface area contributed by atoms with Gasteiger partial charge in [-0.15, -0.1) is 0 Å². The predicted octanol–water partition coefficient (Wildman–Crippen LogP) is 2.36. The van der Waals surface area contributed by atoms with Crippen molar-refractivity contribution < 1.29 is 4.79 Å². The molecule has 18 heavy (non-hydrogen) atoms. The van der Waals surface area contributed by atoms with Gasteiger partial charge in [-0.05, 0) is 26.3 Å². The average molecular weight is 246 g/mol. The zero-order chi connectivity index (χ0) is 13.3. The maximum atomic E-state index is 12.2. The lowest BCUT2D eigenvalue weighted by Crippen LogP contribution is -2.17. The minimum Gasteiger partial charge on any atom is -0.356 e. The molecule has 2 rings (SSSR count). The van der Waals surface area contributed by atoms with Crippen LogP contribution in [0.2, 0.25) is 0 Å². The van der Waals surface area contributed by atoms with Crippen molar-refractivity contribution in [3.05, 3.63) is 35.8 Å². The summed E-state index contributed by atoms with van der Waals surface area (Å²) >= 11 is 0. The summed E-state index contributed by atoms with van der Waals surface area (Å²) in [5.41, 5.74) is 1.65. The molecule has 0 saturated heterocycles. The first-order valence-electron chi connectivity index (χ1n) is 5.96. The maximum absolute atomic E-state index is 12.2. The Morgan fingerprint density at radius 2 is 2.11 bits per heavy atom. The highest BCUT2D eigenvalue weighted by Crippen LogP contribution is 2.16. The van der Waals surface area contributed by atoms with Gasteiger partial charge in [-0.3, -0.25) is 4.79 Å². The molecule has 1 amide bonds. The molecule has 0 aliphatic rings. The summed E-state index contributed by atoms with van der Waals surface area (Å²) in [6, 6.07) is 2.02. The summed E-state index contributed by atoms with van der Waals surface area (Å²) < 4.78 is 3.67. The molecular weight excluding hydrogens is 228 g/mol. The van der Waals surface area contributed by atoms with E-state index in [1.165, 1.54) is 0 Å². The number of aromatic nitrogens is 3. The van der Waals surface area contributed by atoms with Crippen LogP contribution in [-0.4, -0.2) is 20.3 Å². The van der Waals surface area contributed by atoms with E-state index in [0.29, 0.717) is 5.56 Å². The third-order valence-electron chi connectivity index (χ3n) is 2.80. The number of nitrogens with zero attached hydrogens (tertiary/aromatic N) is 3. The van der Waals surface area contributed by atoms with Gasteiger partial charge in [-0.25, -0.2) is 4.68 Å². The van der Waals surface area contributed by atoms with Gasteiger partial charge in [0.2, 0.25) is 0 Å². The van der Waals surface area contributed by atoms with Crippen molar-refractivity contribution in [1.82, 2.24) is 14.3 Å². The first kappa shape index (κ1) is 12.4. The molecule has 0 aliphatic carbocycles. The SMILES string of the molecule is Cc1cn(C)cc1C(=O)Nc1ccnn1C(C)C. The van der Waals surface area contributed by atoms with Crippen molar-refractivity contribution in [2.24, 2.45) is 7.05 Å². The third-order valence-corrected chi connectivity index (χ3v) is 2.80. The van der Waals surface area contributed by atoms with Crippen molar-refractivity contribution in [2.45, 2.75) is 26.8 Å². The Morgan fingerprint density at radius 3 is 2.67 bits per heavy atom. The van der Waals surface area contributed by atoms with Crippen LogP contribution in [0.15, 0.2) is 24.7 Å². The summed E-state index contributed by atoms with van der Waals surface area (Å²) in [6.45, 7) is 5.97. The highest BCUT2D eigenvalue weighted by Gasteiger charge is 2.14. The first-order valence-corrected chi connectivity index (χ1v) is 5.96. The van der Waals surface area contributed by atoms with E-state index in [4.69, 9.17) is 0 Å². The number of aryl methyl sites for hydroxylation is 2. The topological polar surface area (TPSA) is 51.9 Å². The lowest BCUT2D eigenvalue weighted by Gasteiger charge is -2.11. The first-order chi connectivity index (χ1) is 8.49. The number of carbonyl (C=O) groups excluding carboxylic acids is 1. The number of amides is 1. The molecule has 2 heterocycles. The Kier molecular flexibility index (Phi) is 3.23. The highest BCUT2D eigenvalue weighted by molar-refractivity contribution is 6.04. The average Bonchev–Trinajstić information content (AvgIpc) is 2.85. The third kappa shape index (κ3) is 2.30. The number of anilines is 1. The molecule has 0 saturated carbocycles. The molecule has 2 aromatic rings. The number of carbonyl (C=O) groups is 1. The van der Waals surface area contributed by atoms with Crippen LogP contribution in [0.5, 0.6) is 0 Å². The van der Waals surface area contributed by atoms with Crippen LogP contribution in [0.4, 0.5) is 5.82 Å². The van der Waals surface area contributed by atoms with Gasteiger partial charge in [-0.2, -0.15) is 5.10 Å². The highest BCUT2D eigenvalue weighted by atomic mass is 16.1. The van der Waals surface area contributed by atoms with E-state index >= 15 is 0 Å². The quantitative estimate of drug-likeness (QED) is 0.903. The Bertz CT molecular complexity index is 565. The molecule has 2 aromatic heterocycles. The molecule has 96 valence electrons. The van der Waals surface area contributed by atoms with E-state index in [0.717, 1.165) is 11.4 Å². The van der Waals surface area contributed by atoms with E-state index in [9.17, 15) is 4.79 Å². The smallest absolute Gasteiger partial charge is 0.258 e. The van der Waals surface area contributed by atoms with Crippen molar-refractivity contribution in [3.63, 3.8) is 0 Å². The summed E-state index contributed by atoms with van der Waals surface area (Å²) in [4.78, 5) is 12.2. The fourth-order valence-corrected chi connectivity index (χ4v) is 1.96. The summed E-state index contributed by atoms with van der Waals surface area (Å²) in [7, 11) is 1.90. The minimum absolute atomic E-state index is 0.101. The van der Waals surface area contributed by atoms with Crippen molar-refractivity contribution in [1.29, 1.82) is 0 Å². The summed E-state index contributed by atoms with van der Waals surface area (Å²) in [6.07, 6.45) is 5.43. The van der Waals surface area contributed by atoms with Crippen LogP contribution in [0.25, 0.3) is 0 Å². The fraction of sp³-hybridized carbons (Fsp3) is 0.385. The lowest BCUT2D eigenvalue weighted by atomic mass is 10.2. The van der Waals surface area contributed by atoms with Crippen molar-refractivity contribution in [2.75, 3.05) is 5.32 Å². The van der Waals surface area contributed by atoms with Gasteiger partial charge in [0, 0.05) is 31.5 Å². The van der Waals surface area contributed by atoms with Gasteiger partial charge in [0.25, 0.3) is 5.91 Å². The summed E-state index contributed by atoms with van der Waals surface area (Å²) in [5, 5.41) is 7.08. The fourth-order valence-electron chi connectivity index (χ4n) is 1.96. The largest absolute Gasteiger partial charge is 0.356 e. The van der Waals surface area contributed by atoms with E-state index in [2.05, 4.69) is 10.4 Å². The Hall–Kier alpha value is -2.04. The zero-order valence-electron chi connectivity index (χ0n) is 11.1. The van der Waals surface area contributed by atoms with Gasteiger partial charge in [-0.1, -0.05) is 0 Å². The molecule has 0 fully saturated rings. The van der Waals surface area contributed by atoms with E-state index in [1.807, 2.05) is 44.8 Å². The van der Waals surface area contributed by atoms with Crippen LogP contribution in [-0.2, 0) is 7.05 Å². The van der Waals surface area contributed by atoms with Crippen LogP contribution in [0.3, 0.4) is 0 Å². The lowest BCUT2D eigenvalue weighted by molar-refractivity contribution is 0.102. The molecule has 0 unspecified atom stereocenters. The molecule has 1 N–H and O–H groups in total. The Balaban J connectivity index is 2.21. The van der Waals surface area contributed by atoms with Crippen LogP contribution in [0.1, 0.15) is 35.8 Å². The Labute approximate surface area is 106 Å². The van der Waals surface area contributed by atoms with Crippen molar-refractivity contribution in [3.8, 4) is 0 Å². The van der Waals surface area contributed by atoms with E-state index in [-0.39, 0.29) is 11.9 Å². The normalized spacial score (nSPS) is 10.9. The monoisotopic (exact) mass is 246 g/mol. The van der Waals surface area contributed by atoms with E-state index < -0.39 is 0 Å². The predicted molar refractivity (Wildman–Crippen MR) is 70.7 cm³/mol. The van der Waals surface area contributed by atoms with E-state index in [1.54, 1.807) is 16.9 Å². The van der Waals surface area contributed by atoms with Crippen LogP contribution in [0, 0.1) is 6.92 Å². The second-order valence-electron chi connectivity index (χ2n) is 4.73. The second kappa shape index (κ2) is 4.68. The van der Waals surface area contributed by atoms with Crippen molar-refractivity contribution >= 4 is 11.7 Å². The molecule has 0 aliphatic heterocycles. The number of hydrogen-bond acceptors (Lipinski definition) is 2. The number of hydrogen-bond donors (Lipinski definition) is 1. The summed E-state index contributed by atoms with van der Waals surface area (Å²) in [5.74, 6) is 0.619. The van der Waals surface area contributed by atoms with Crippen LogP contribution >= 0.6 is 0 Å². The van der Waals surface area contributed by atoms with Crippen LogP contribution < -0.4 is 5.32 Å². The zero-order valence-corrected chi connectivity index (χ0v) is 11.1. The van der Waals surface area contributed by atoms with Gasteiger partial charge < -0.3 is 9.88 Å². The Morgan fingerprint density at radius 1 is 1.39 bits per heavy atom. The van der Waals surface area contributed by atoms with Gasteiger partial charge in [0.05, 0.1) is 11.8 Å². The van der Waals surface area contributed by atoms with Gasteiger partial charge in [0.1, 0.15) is 5.82 Å². The number of nitrogens with one attached hydrogen (secondary N) is 1. The molecule has 0 atom stereocenters. The maximum Gasteiger partial charge on any atom is 0.258 e. The second-order valence-corrected chi connectivity index (χ2v) is 4.73. The van der Waals surface area contributed by atoms with Gasteiger partial charge >= 0.3 is 0 Å². The molecule has 0 bridgehead atoms. The molecule has 0 aromatic carbocycles. The standard InChI is InChI=1S/C13H18N4O/c1-9(2)17-12(5-6-14-17)15-13(18)11-8-16(4)7-10(11)3/h5-9H,1-4H3,(H,15,18). The molecule has 5 heteroatoms. The molecular formula is C13H18N4O.